The number of hydrogen-bond donors (Lipinski definition) is 1. The summed E-state index contributed by atoms with van der Waals surface area (Å²) in [5.74, 6) is -0.205. The lowest BCUT2D eigenvalue weighted by Crippen LogP contribution is -2.35. The number of hydrogen-bond acceptors (Lipinski definition) is 5. The van der Waals surface area contributed by atoms with Crippen LogP contribution in [-0.4, -0.2) is 34.2 Å². The van der Waals surface area contributed by atoms with Crippen molar-refractivity contribution in [3.8, 4) is 0 Å². The first-order chi connectivity index (χ1) is 11.8. The molecule has 8 nitrogen and oxygen atoms in total. The number of aromatic nitrogens is 2. The number of rotatable bonds is 7. The molecular formula is C17H23N5O3. The molecule has 2 rings (SSSR count). The van der Waals surface area contributed by atoms with Crippen LogP contribution in [0.25, 0.3) is 0 Å². The average molecular weight is 345 g/mol. The minimum Gasteiger partial charge on any atom is -0.360 e. The third kappa shape index (κ3) is 4.14. The number of nitro groups is 1. The highest BCUT2D eigenvalue weighted by atomic mass is 16.6. The predicted octanol–water partition coefficient (Wildman–Crippen LogP) is 2.18. The van der Waals surface area contributed by atoms with Crippen LogP contribution >= 0.6 is 0 Å². The van der Waals surface area contributed by atoms with Crippen molar-refractivity contribution >= 4 is 17.3 Å². The van der Waals surface area contributed by atoms with Crippen LogP contribution in [0, 0.1) is 24.0 Å². The van der Waals surface area contributed by atoms with Gasteiger partial charge in [0.05, 0.1) is 17.2 Å². The van der Waals surface area contributed by atoms with E-state index in [1.54, 1.807) is 30.1 Å². The zero-order valence-electron chi connectivity index (χ0n) is 14.9. The number of benzene rings is 1. The predicted molar refractivity (Wildman–Crippen MR) is 95.6 cm³/mol. The van der Waals surface area contributed by atoms with E-state index in [-0.39, 0.29) is 18.1 Å². The molecule has 25 heavy (non-hydrogen) atoms. The molecule has 1 aromatic carbocycles. The first-order valence-electron chi connectivity index (χ1n) is 8.09. The van der Waals surface area contributed by atoms with Crippen molar-refractivity contribution < 1.29 is 9.72 Å². The highest BCUT2D eigenvalue weighted by molar-refractivity contribution is 5.82. The van der Waals surface area contributed by atoms with Gasteiger partial charge in [0.1, 0.15) is 5.69 Å². The van der Waals surface area contributed by atoms with E-state index in [9.17, 15) is 14.9 Å². The molecule has 1 aromatic heterocycles. The number of aryl methyl sites for hydroxylation is 2. The van der Waals surface area contributed by atoms with Crippen molar-refractivity contribution in [1.82, 2.24) is 15.1 Å². The van der Waals surface area contributed by atoms with E-state index in [1.807, 2.05) is 25.5 Å². The van der Waals surface area contributed by atoms with Crippen molar-refractivity contribution in [1.29, 1.82) is 0 Å². The molecule has 0 spiro atoms. The smallest absolute Gasteiger partial charge is 0.292 e. The highest BCUT2D eigenvalue weighted by Crippen LogP contribution is 2.26. The molecular weight excluding hydrogens is 322 g/mol. The first-order valence-corrected chi connectivity index (χ1v) is 8.09. The van der Waals surface area contributed by atoms with Gasteiger partial charge < -0.3 is 10.2 Å². The fraction of sp³-hybridized carbons (Fsp3) is 0.412. The Morgan fingerprint density at radius 1 is 1.36 bits per heavy atom. The van der Waals surface area contributed by atoms with Gasteiger partial charge in [0, 0.05) is 37.5 Å². The van der Waals surface area contributed by atoms with Crippen molar-refractivity contribution in [2.75, 3.05) is 18.5 Å². The maximum absolute atomic E-state index is 12.2. The van der Waals surface area contributed by atoms with Gasteiger partial charge in [-0.2, -0.15) is 5.10 Å². The van der Waals surface area contributed by atoms with E-state index in [0.717, 1.165) is 23.5 Å². The second kappa shape index (κ2) is 7.78. The summed E-state index contributed by atoms with van der Waals surface area (Å²) >= 11 is 0. The van der Waals surface area contributed by atoms with E-state index < -0.39 is 4.92 Å². The minimum atomic E-state index is -0.449. The zero-order chi connectivity index (χ0) is 18.6. The van der Waals surface area contributed by atoms with E-state index in [0.29, 0.717) is 12.2 Å². The Bertz CT molecular complexity index is 785. The molecule has 0 unspecified atom stereocenters. The number of nitrogens with one attached hydrogen (secondary N) is 1. The Morgan fingerprint density at radius 3 is 2.64 bits per heavy atom. The molecule has 1 amide bonds. The molecule has 8 heteroatoms. The Balaban J connectivity index is 2.01. The minimum absolute atomic E-state index is 0.0197. The standard InChI is InChI=1S/C17H23N5O3/c1-5-21-13(3)14(12(2)19-21)10-18-17(23)11-20(4)15-8-6-7-9-16(15)22(24)25/h6-9H,5,10-11H2,1-4H3,(H,18,23). The van der Waals surface area contributed by atoms with Gasteiger partial charge in [-0.3, -0.25) is 19.6 Å². The van der Waals surface area contributed by atoms with Crippen LogP contribution < -0.4 is 10.2 Å². The van der Waals surface area contributed by atoms with Crippen LogP contribution in [0.1, 0.15) is 23.9 Å². The van der Waals surface area contributed by atoms with Gasteiger partial charge in [0.25, 0.3) is 5.69 Å². The Labute approximate surface area is 146 Å². The van der Waals surface area contributed by atoms with Gasteiger partial charge in [0.2, 0.25) is 5.91 Å². The van der Waals surface area contributed by atoms with Crippen LogP contribution in [0.3, 0.4) is 0 Å². The fourth-order valence-electron chi connectivity index (χ4n) is 2.78. The summed E-state index contributed by atoms with van der Waals surface area (Å²) in [6.07, 6.45) is 0. The first kappa shape index (κ1) is 18.4. The second-order valence-corrected chi connectivity index (χ2v) is 5.84. The van der Waals surface area contributed by atoms with Gasteiger partial charge in [0.15, 0.2) is 0 Å². The molecule has 0 radical (unpaired) electrons. The monoisotopic (exact) mass is 345 g/mol. The van der Waals surface area contributed by atoms with Crippen LogP contribution in [0.2, 0.25) is 0 Å². The SMILES string of the molecule is CCn1nc(C)c(CNC(=O)CN(C)c2ccccc2[N+](=O)[O-])c1C. The molecule has 0 saturated carbocycles. The largest absolute Gasteiger partial charge is 0.360 e. The zero-order valence-corrected chi connectivity index (χ0v) is 14.9. The molecule has 0 aliphatic rings. The van der Waals surface area contributed by atoms with E-state index in [4.69, 9.17) is 0 Å². The van der Waals surface area contributed by atoms with Gasteiger partial charge >= 0.3 is 0 Å². The van der Waals surface area contributed by atoms with E-state index in [1.165, 1.54) is 6.07 Å². The third-order valence-corrected chi connectivity index (χ3v) is 4.16. The Morgan fingerprint density at radius 2 is 2.04 bits per heavy atom. The van der Waals surface area contributed by atoms with E-state index in [2.05, 4.69) is 10.4 Å². The maximum atomic E-state index is 12.2. The van der Waals surface area contributed by atoms with E-state index >= 15 is 0 Å². The van der Waals surface area contributed by atoms with Gasteiger partial charge in [-0.05, 0) is 26.8 Å². The summed E-state index contributed by atoms with van der Waals surface area (Å²) in [6.45, 7) is 7.11. The van der Waals surface area contributed by atoms with Crippen LogP contribution in [0.5, 0.6) is 0 Å². The fourth-order valence-corrected chi connectivity index (χ4v) is 2.78. The van der Waals surface area contributed by atoms with Crippen molar-refractivity contribution in [2.24, 2.45) is 0 Å². The highest BCUT2D eigenvalue weighted by Gasteiger charge is 2.18. The average Bonchev–Trinajstić information content (AvgIpc) is 2.86. The number of carbonyl (C=O) groups is 1. The Hall–Kier alpha value is -2.90. The van der Waals surface area contributed by atoms with Crippen molar-refractivity contribution in [3.05, 3.63) is 51.3 Å². The maximum Gasteiger partial charge on any atom is 0.292 e. The molecule has 1 heterocycles. The lowest BCUT2D eigenvalue weighted by molar-refractivity contribution is -0.384. The number of nitrogens with zero attached hydrogens (tertiary/aromatic N) is 4. The molecule has 0 aliphatic heterocycles. The number of para-hydroxylation sites is 2. The number of carbonyl (C=O) groups excluding carboxylic acids is 1. The normalized spacial score (nSPS) is 10.6. The summed E-state index contributed by atoms with van der Waals surface area (Å²) in [6, 6.07) is 6.37. The number of amides is 1. The lowest BCUT2D eigenvalue weighted by atomic mass is 10.2. The summed E-state index contributed by atoms with van der Waals surface area (Å²) in [5.41, 5.74) is 3.32. The van der Waals surface area contributed by atoms with Crippen LogP contribution in [0.15, 0.2) is 24.3 Å². The van der Waals surface area contributed by atoms with Gasteiger partial charge in [-0.15, -0.1) is 0 Å². The van der Waals surface area contributed by atoms with Crippen molar-refractivity contribution in [2.45, 2.75) is 33.9 Å². The van der Waals surface area contributed by atoms with Gasteiger partial charge in [-0.1, -0.05) is 12.1 Å². The topological polar surface area (TPSA) is 93.3 Å². The number of nitro benzene ring substituents is 1. The number of likely N-dealkylation sites (N-methyl/N-ethyl adjacent to an activating group) is 1. The summed E-state index contributed by atoms with van der Waals surface area (Å²) in [5, 5.41) is 18.4. The number of anilines is 1. The Kier molecular flexibility index (Phi) is 5.74. The van der Waals surface area contributed by atoms with Gasteiger partial charge in [-0.25, -0.2) is 0 Å². The summed E-state index contributed by atoms with van der Waals surface area (Å²) in [4.78, 5) is 24.5. The molecule has 1 N–H and O–H groups in total. The molecule has 0 fully saturated rings. The summed E-state index contributed by atoms with van der Waals surface area (Å²) < 4.78 is 1.90. The third-order valence-electron chi connectivity index (χ3n) is 4.16. The quantitative estimate of drug-likeness (QED) is 0.613. The molecule has 134 valence electrons. The summed E-state index contributed by atoms with van der Waals surface area (Å²) in [7, 11) is 1.66. The molecule has 0 bridgehead atoms. The van der Waals surface area contributed by atoms with Crippen molar-refractivity contribution in [3.63, 3.8) is 0 Å². The molecule has 0 aliphatic carbocycles. The molecule has 2 aromatic rings. The molecule has 0 atom stereocenters. The van der Waals surface area contributed by atoms with Crippen LogP contribution in [-0.2, 0) is 17.9 Å². The van der Waals surface area contributed by atoms with Crippen LogP contribution in [0.4, 0.5) is 11.4 Å². The second-order valence-electron chi connectivity index (χ2n) is 5.84. The molecule has 0 saturated heterocycles. The lowest BCUT2D eigenvalue weighted by Gasteiger charge is -2.18.